The monoisotopic (exact) mass is 507 g/mol. The van der Waals surface area contributed by atoms with Crippen molar-refractivity contribution in [2.24, 2.45) is 4.74 Å². The molecule has 5 rings (SSSR count). The van der Waals surface area contributed by atoms with E-state index in [1.165, 1.54) is 21.2 Å². The zero-order valence-corrected chi connectivity index (χ0v) is 22.0. The van der Waals surface area contributed by atoms with Crippen LogP contribution in [0.15, 0.2) is 156 Å². The van der Waals surface area contributed by atoms with Gasteiger partial charge in [-0.15, -0.1) is 0 Å². The van der Waals surface area contributed by atoms with Crippen molar-refractivity contribution in [3.63, 3.8) is 0 Å². The summed E-state index contributed by atoms with van der Waals surface area (Å²) in [5.41, 5.74) is 0.996. The Bertz CT molecular complexity index is 1380. The van der Waals surface area contributed by atoms with Crippen LogP contribution in [-0.2, 0) is 11.8 Å². The minimum atomic E-state index is -2.31. The Kier molecular flexibility index (Phi) is 7.26. The van der Waals surface area contributed by atoms with Gasteiger partial charge in [0.05, 0.1) is 5.69 Å². The van der Waals surface area contributed by atoms with Crippen molar-refractivity contribution in [2.75, 3.05) is 5.90 Å². The molecule has 5 aromatic carbocycles. The van der Waals surface area contributed by atoms with E-state index in [9.17, 15) is 0 Å². The molecular weight excluding hydrogens is 480 g/mol. The molecule has 0 atom stereocenters. The normalized spacial score (nSPS) is 11.7. The van der Waals surface area contributed by atoms with Crippen LogP contribution in [0.25, 0.3) is 0 Å². The Morgan fingerprint density at radius 1 is 0.429 bits per heavy atom. The van der Waals surface area contributed by atoms with Crippen LogP contribution in [0.1, 0.15) is 0 Å². The van der Waals surface area contributed by atoms with Crippen molar-refractivity contribution < 1.29 is 0 Å². The zero-order chi connectivity index (χ0) is 24.0. The predicted octanol–water partition coefficient (Wildman–Crippen LogP) is 7.26. The second-order valence-electron chi connectivity index (χ2n) is 8.43. The first kappa shape index (κ1) is 23.7. The third kappa shape index (κ3) is 5.02. The molecule has 5 aromatic rings. The molecular formula is C31H27NP2S. The number of hydrogen-bond acceptors (Lipinski definition) is 2. The van der Waals surface area contributed by atoms with Gasteiger partial charge in [-0.25, -0.2) is 0 Å². The number of hydrogen-bond donors (Lipinski definition) is 0. The molecule has 0 radical (unpaired) electrons. The van der Waals surface area contributed by atoms with Gasteiger partial charge in [0.2, 0.25) is 0 Å². The Morgan fingerprint density at radius 3 is 1.11 bits per heavy atom. The summed E-state index contributed by atoms with van der Waals surface area (Å²) in [5, 5.41) is 4.99. The summed E-state index contributed by atoms with van der Waals surface area (Å²) in [6, 6.07) is 51.2. The Balaban J connectivity index is 1.85. The molecule has 0 heterocycles. The second kappa shape index (κ2) is 10.7. The van der Waals surface area contributed by atoms with Crippen molar-refractivity contribution in [3.05, 3.63) is 152 Å². The molecule has 0 bridgehead atoms. The summed E-state index contributed by atoms with van der Waals surface area (Å²) < 4.78 is 5.64. The van der Waals surface area contributed by atoms with Crippen LogP contribution < -0.4 is 21.2 Å². The molecule has 0 aliphatic rings. The molecule has 0 amide bonds. The van der Waals surface area contributed by atoms with Crippen molar-refractivity contribution in [2.45, 2.75) is 0 Å². The first-order chi connectivity index (χ1) is 17.2. The smallest absolute Gasteiger partial charge is 0.0621 e. The van der Waals surface area contributed by atoms with Crippen molar-refractivity contribution in [3.8, 4) is 0 Å². The number of nitrogens with zero attached hydrogens (tertiary/aromatic N) is 1. The summed E-state index contributed by atoms with van der Waals surface area (Å²) in [4.78, 5) is 0. The fourth-order valence-electron chi connectivity index (χ4n) is 4.44. The largest absolute Gasteiger partial charge is 0.258 e. The second-order valence-corrected chi connectivity index (χ2v) is 16.7. The van der Waals surface area contributed by atoms with Crippen LogP contribution >= 0.6 is 13.1 Å². The molecule has 0 fully saturated rings. The van der Waals surface area contributed by atoms with Crippen LogP contribution in [0.4, 0.5) is 5.69 Å². The van der Waals surface area contributed by atoms with Crippen LogP contribution in [-0.4, -0.2) is 5.90 Å². The summed E-state index contributed by atoms with van der Waals surface area (Å²) >= 11 is 6.78. The van der Waals surface area contributed by atoms with Crippen LogP contribution in [0, 0.1) is 0 Å². The van der Waals surface area contributed by atoms with Crippen molar-refractivity contribution in [1.29, 1.82) is 0 Å². The Morgan fingerprint density at radius 2 is 0.743 bits per heavy atom. The third-order valence-corrected chi connectivity index (χ3v) is 16.8. The summed E-state index contributed by atoms with van der Waals surface area (Å²) in [7, 11) is -2.31. The van der Waals surface area contributed by atoms with Gasteiger partial charge in [-0.1, -0.05) is 151 Å². The minimum absolute atomic E-state index is 0.812. The van der Waals surface area contributed by atoms with E-state index >= 15 is 0 Å². The molecule has 0 unspecified atom stereocenters. The van der Waals surface area contributed by atoms with Gasteiger partial charge < -0.3 is 0 Å². The standard InChI is InChI=1S/C31H27NP2S/c35-34(30-22-12-4-13-23-30,31-24-14-5-15-25-31)26-33(28-18-8-2-9-19-28,29-20-10-3-11-21-29)32-27-16-6-1-7-17-27/h1-25H,26H2. The van der Waals surface area contributed by atoms with E-state index < -0.39 is 13.1 Å². The summed E-state index contributed by atoms with van der Waals surface area (Å²) in [6.45, 7) is 0. The van der Waals surface area contributed by atoms with Gasteiger partial charge in [0.1, 0.15) is 0 Å². The third-order valence-electron chi connectivity index (χ3n) is 6.16. The first-order valence-corrected chi connectivity index (χ1v) is 16.6. The summed E-state index contributed by atoms with van der Waals surface area (Å²) in [6.07, 6.45) is 0. The lowest BCUT2D eigenvalue weighted by molar-refractivity contribution is 1.54. The summed E-state index contributed by atoms with van der Waals surface area (Å²) in [5.74, 6) is 0.812. The molecule has 0 spiro atoms. The number of benzene rings is 5. The van der Waals surface area contributed by atoms with Gasteiger partial charge in [0.25, 0.3) is 0 Å². The maximum absolute atomic E-state index is 6.78. The molecule has 0 saturated heterocycles. The quantitative estimate of drug-likeness (QED) is 0.211. The first-order valence-electron chi connectivity index (χ1n) is 11.7. The van der Waals surface area contributed by atoms with E-state index in [0.29, 0.717) is 0 Å². The Hall–Kier alpha value is -3.02. The van der Waals surface area contributed by atoms with E-state index in [1.807, 2.05) is 6.07 Å². The maximum Gasteiger partial charge on any atom is 0.0621 e. The highest BCUT2D eigenvalue weighted by molar-refractivity contribution is 8.25. The van der Waals surface area contributed by atoms with E-state index in [0.717, 1.165) is 11.6 Å². The topological polar surface area (TPSA) is 12.4 Å². The van der Waals surface area contributed by atoms with Gasteiger partial charge in [-0.05, 0) is 33.4 Å². The van der Waals surface area contributed by atoms with Gasteiger partial charge >= 0.3 is 0 Å². The minimum Gasteiger partial charge on any atom is -0.258 e. The lowest BCUT2D eigenvalue weighted by Gasteiger charge is -2.33. The highest BCUT2D eigenvalue weighted by Gasteiger charge is 2.34. The maximum atomic E-state index is 6.78. The highest BCUT2D eigenvalue weighted by Crippen LogP contribution is 2.62. The van der Waals surface area contributed by atoms with Gasteiger partial charge in [-0.2, -0.15) is 0 Å². The van der Waals surface area contributed by atoms with Crippen LogP contribution in [0.5, 0.6) is 0 Å². The molecule has 0 aromatic heterocycles. The molecule has 0 aliphatic carbocycles. The fourth-order valence-corrected chi connectivity index (χ4v) is 15.8. The molecule has 172 valence electrons. The van der Waals surface area contributed by atoms with E-state index in [4.69, 9.17) is 16.6 Å². The predicted molar refractivity (Wildman–Crippen MR) is 159 cm³/mol. The van der Waals surface area contributed by atoms with Crippen molar-refractivity contribution >= 4 is 51.8 Å². The van der Waals surface area contributed by atoms with E-state index in [-0.39, 0.29) is 0 Å². The lowest BCUT2D eigenvalue weighted by atomic mass is 10.3. The zero-order valence-electron chi connectivity index (χ0n) is 19.4. The lowest BCUT2D eigenvalue weighted by Crippen LogP contribution is -2.25. The molecule has 35 heavy (non-hydrogen) atoms. The van der Waals surface area contributed by atoms with Crippen LogP contribution in [0.2, 0.25) is 0 Å². The van der Waals surface area contributed by atoms with E-state index in [2.05, 4.69) is 146 Å². The van der Waals surface area contributed by atoms with Gasteiger partial charge in [0.15, 0.2) is 0 Å². The Labute approximate surface area is 213 Å². The number of rotatable bonds is 7. The molecule has 1 nitrogen and oxygen atoms in total. The molecule has 4 heteroatoms. The average molecular weight is 508 g/mol. The SMILES string of the molecule is S=P(CP(=Nc1ccccc1)(c1ccccc1)c1ccccc1)(c1ccccc1)c1ccccc1. The highest BCUT2D eigenvalue weighted by atomic mass is 32.4. The van der Waals surface area contributed by atoms with Gasteiger partial charge in [0, 0.05) is 19.0 Å². The van der Waals surface area contributed by atoms with Gasteiger partial charge in [-0.3, -0.25) is 4.74 Å². The molecule has 0 saturated carbocycles. The average Bonchev–Trinajstić information content (AvgIpc) is 2.95. The van der Waals surface area contributed by atoms with Crippen LogP contribution in [0.3, 0.4) is 0 Å². The molecule has 0 N–H and O–H groups in total. The fraction of sp³-hybridized carbons (Fsp3) is 0.0323. The van der Waals surface area contributed by atoms with E-state index in [1.54, 1.807) is 0 Å². The van der Waals surface area contributed by atoms with Crippen molar-refractivity contribution in [1.82, 2.24) is 0 Å². The molecule has 0 aliphatic heterocycles.